The number of halogens is 3. The molecule has 1 heterocycles. The van der Waals surface area contributed by atoms with Crippen molar-refractivity contribution < 1.29 is 17.9 Å². The molecule has 0 unspecified atom stereocenters. The lowest BCUT2D eigenvalue weighted by Gasteiger charge is -2.09. The zero-order valence-electron chi connectivity index (χ0n) is 11.1. The maximum absolute atomic E-state index is 12.1. The van der Waals surface area contributed by atoms with Crippen LogP contribution < -0.4 is 4.74 Å². The number of aryl methyl sites for hydroxylation is 1. The van der Waals surface area contributed by atoms with Crippen molar-refractivity contribution in [3.8, 4) is 17.1 Å². The summed E-state index contributed by atoms with van der Waals surface area (Å²) in [6.45, 7) is 0. The summed E-state index contributed by atoms with van der Waals surface area (Å²) in [6.07, 6.45) is -4.68. The monoisotopic (exact) mass is 292 g/mol. The molecule has 2 aromatic carbocycles. The molecule has 3 rings (SSSR count). The van der Waals surface area contributed by atoms with Crippen LogP contribution in [-0.2, 0) is 7.05 Å². The summed E-state index contributed by atoms with van der Waals surface area (Å²) >= 11 is 0. The lowest BCUT2D eigenvalue weighted by Crippen LogP contribution is -2.16. The highest BCUT2D eigenvalue weighted by molar-refractivity contribution is 5.80. The second-order valence-electron chi connectivity index (χ2n) is 4.56. The highest BCUT2D eigenvalue weighted by Crippen LogP contribution is 2.27. The fourth-order valence-electron chi connectivity index (χ4n) is 2.21. The molecule has 0 spiro atoms. The first-order valence-electron chi connectivity index (χ1n) is 6.22. The van der Waals surface area contributed by atoms with Gasteiger partial charge in [0.1, 0.15) is 11.6 Å². The van der Waals surface area contributed by atoms with Crippen molar-refractivity contribution in [2.24, 2.45) is 7.05 Å². The van der Waals surface area contributed by atoms with Crippen molar-refractivity contribution in [3.63, 3.8) is 0 Å². The minimum Gasteiger partial charge on any atom is -0.406 e. The normalized spacial score (nSPS) is 11.8. The predicted octanol–water partition coefficient (Wildman–Crippen LogP) is 4.14. The molecule has 0 fully saturated rings. The minimum atomic E-state index is -4.68. The maximum Gasteiger partial charge on any atom is 0.573 e. The number of hydrogen-bond acceptors (Lipinski definition) is 2. The van der Waals surface area contributed by atoms with Crippen LogP contribution in [0, 0.1) is 0 Å². The van der Waals surface area contributed by atoms with E-state index in [1.54, 1.807) is 12.1 Å². The first-order valence-corrected chi connectivity index (χ1v) is 6.22. The van der Waals surface area contributed by atoms with E-state index < -0.39 is 6.36 Å². The fourth-order valence-corrected chi connectivity index (χ4v) is 2.21. The van der Waals surface area contributed by atoms with Gasteiger partial charge < -0.3 is 9.30 Å². The van der Waals surface area contributed by atoms with Crippen molar-refractivity contribution in [1.82, 2.24) is 9.55 Å². The molecular weight excluding hydrogens is 281 g/mol. The number of para-hydroxylation sites is 2. The van der Waals surface area contributed by atoms with Gasteiger partial charge in [0.15, 0.2) is 0 Å². The highest BCUT2D eigenvalue weighted by Gasteiger charge is 2.31. The molecule has 0 N–H and O–H groups in total. The first kappa shape index (κ1) is 13.5. The number of hydrogen-bond donors (Lipinski definition) is 0. The van der Waals surface area contributed by atoms with E-state index in [0.29, 0.717) is 5.82 Å². The molecule has 3 aromatic rings. The largest absolute Gasteiger partial charge is 0.573 e. The molecule has 108 valence electrons. The van der Waals surface area contributed by atoms with E-state index in [2.05, 4.69) is 9.72 Å². The van der Waals surface area contributed by atoms with E-state index in [4.69, 9.17) is 0 Å². The molecule has 0 bridgehead atoms. The quantitative estimate of drug-likeness (QED) is 0.710. The average Bonchev–Trinajstić information content (AvgIpc) is 2.76. The Bertz CT molecular complexity index is 776. The second-order valence-corrected chi connectivity index (χ2v) is 4.56. The Morgan fingerprint density at radius 2 is 1.67 bits per heavy atom. The van der Waals surface area contributed by atoms with Gasteiger partial charge in [-0.3, -0.25) is 0 Å². The molecular formula is C15H11F3N2O. The second kappa shape index (κ2) is 4.80. The van der Waals surface area contributed by atoms with Gasteiger partial charge in [-0.2, -0.15) is 0 Å². The lowest BCUT2D eigenvalue weighted by molar-refractivity contribution is -0.274. The van der Waals surface area contributed by atoms with Crippen molar-refractivity contribution in [1.29, 1.82) is 0 Å². The van der Waals surface area contributed by atoms with Crippen LogP contribution in [0.4, 0.5) is 13.2 Å². The van der Waals surface area contributed by atoms with E-state index in [1.165, 1.54) is 12.1 Å². The molecule has 0 atom stereocenters. The summed E-state index contributed by atoms with van der Waals surface area (Å²) in [5.74, 6) is 0.444. The molecule has 3 nitrogen and oxygen atoms in total. The van der Waals surface area contributed by atoms with Crippen molar-refractivity contribution in [2.75, 3.05) is 0 Å². The van der Waals surface area contributed by atoms with Crippen molar-refractivity contribution in [3.05, 3.63) is 48.5 Å². The Hall–Kier alpha value is -2.50. The first-order chi connectivity index (χ1) is 9.94. The number of fused-ring (bicyclic) bond motifs is 1. The molecule has 21 heavy (non-hydrogen) atoms. The Balaban J connectivity index is 1.97. The Morgan fingerprint density at radius 1 is 1.00 bits per heavy atom. The van der Waals surface area contributed by atoms with E-state index in [0.717, 1.165) is 16.6 Å². The Morgan fingerprint density at radius 3 is 2.29 bits per heavy atom. The molecule has 0 saturated carbocycles. The summed E-state index contributed by atoms with van der Waals surface area (Å²) in [5, 5.41) is 0. The Kier molecular flexibility index (Phi) is 3.08. The molecule has 1 aromatic heterocycles. The van der Waals surface area contributed by atoms with Crippen LogP contribution in [0.15, 0.2) is 48.5 Å². The van der Waals surface area contributed by atoms with E-state index >= 15 is 0 Å². The number of nitrogens with zero attached hydrogens (tertiary/aromatic N) is 2. The third-order valence-corrected chi connectivity index (χ3v) is 3.13. The highest BCUT2D eigenvalue weighted by atomic mass is 19.4. The molecule has 6 heteroatoms. The maximum atomic E-state index is 12.1. The van der Waals surface area contributed by atoms with Crippen LogP contribution in [0.1, 0.15) is 0 Å². The number of ether oxygens (including phenoxy) is 1. The van der Waals surface area contributed by atoms with Gasteiger partial charge in [0, 0.05) is 12.6 Å². The summed E-state index contributed by atoms with van der Waals surface area (Å²) < 4.78 is 42.1. The molecule has 0 aliphatic carbocycles. The predicted molar refractivity (Wildman–Crippen MR) is 72.8 cm³/mol. The van der Waals surface area contributed by atoms with E-state index in [-0.39, 0.29) is 5.75 Å². The van der Waals surface area contributed by atoms with Crippen LogP contribution >= 0.6 is 0 Å². The molecule has 0 amide bonds. The summed E-state index contributed by atoms with van der Waals surface area (Å²) in [4.78, 5) is 4.49. The zero-order chi connectivity index (χ0) is 15.0. The molecule has 0 aliphatic heterocycles. The van der Waals surface area contributed by atoms with Gasteiger partial charge >= 0.3 is 6.36 Å². The van der Waals surface area contributed by atoms with Gasteiger partial charge in [-0.15, -0.1) is 13.2 Å². The number of imidazole rings is 1. The van der Waals surface area contributed by atoms with Gasteiger partial charge in [0.2, 0.25) is 0 Å². The SMILES string of the molecule is Cn1c(-c2ccc(OC(F)(F)F)cc2)nc2ccccc21. The summed E-state index contributed by atoms with van der Waals surface area (Å²) in [5.41, 5.74) is 2.52. The van der Waals surface area contributed by atoms with Gasteiger partial charge in [-0.05, 0) is 36.4 Å². The van der Waals surface area contributed by atoms with Gasteiger partial charge in [-0.1, -0.05) is 12.1 Å². The third-order valence-electron chi connectivity index (χ3n) is 3.13. The standard InChI is InChI=1S/C15H11F3N2O/c1-20-13-5-3-2-4-12(13)19-14(20)10-6-8-11(9-7-10)21-15(16,17)18/h2-9H,1H3. The summed E-state index contributed by atoms with van der Waals surface area (Å²) in [7, 11) is 1.87. The summed E-state index contributed by atoms with van der Waals surface area (Å²) in [6, 6.07) is 13.3. The molecule has 0 radical (unpaired) electrons. The number of rotatable bonds is 2. The smallest absolute Gasteiger partial charge is 0.406 e. The average molecular weight is 292 g/mol. The number of benzene rings is 2. The Labute approximate surface area is 118 Å². The van der Waals surface area contributed by atoms with Crippen LogP contribution in [0.5, 0.6) is 5.75 Å². The van der Waals surface area contributed by atoms with Crippen molar-refractivity contribution >= 4 is 11.0 Å². The van der Waals surface area contributed by atoms with Crippen molar-refractivity contribution in [2.45, 2.75) is 6.36 Å². The van der Waals surface area contributed by atoms with Crippen LogP contribution in [-0.4, -0.2) is 15.9 Å². The minimum absolute atomic E-state index is 0.245. The van der Waals surface area contributed by atoms with E-state index in [1.807, 2.05) is 35.9 Å². The van der Waals surface area contributed by atoms with Crippen LogP contribution in [0.2, 0.25) is 0 Å². The lowest BCUT2D eigenvalue weighted by atomic mass is 10.2. The third kappa shape index (κ3) is 2.69. The number of alkyl halides is 3. The van der Waals surface area contributed by atoms with Crippen LogP contribution in [0.25, 0.3) is 22.4 Å². The molecule has 0 aliphatic rings. The zero-order valence-corrected chi connectivity index (χ0v) is 11.1. The van der Waals surface area contributed by atoms with Gasteiger partial charge in [0.05, 0.1) is 11.0 Å². The van der Waals surface area contributed by atoms with Gasteiger partial charge in [0.25, 0.3) is 0 Å². The van der Waals surface area contributed by atoms with E-state index in [9.17, 15) is 13.2 Å². The van der Waals surface area contributed by atoms with Crippen LogP contribution in [0.3, 0.4) is 0 Å². The van der Waals surface area contributed by atoms with Gasteiger partial charge in [-0.25, -0.2) is 4.98 Å². The number of aromatic nitrogens is 2. The fraction of sp³-hybridized carbons (Fsp3) is 0.133. The molecule has 0 saturated heterocycles. The topological polar surface area (TPSA) is 27.1 Å².